The van der Waals surface area contributed by atoms with E-state index in [1.54, 1.807) is 6.92 Å². The Morgan fingerprint density at radius 3 is 2.81 bits per heavy atom. The Bertz CT molecular complexity index is 640. The third-order valence-electron chi connectivity index (χ3n) is 2.26. The van der Waals surface area contributed by atoms with Gasteiger partial charge in [-0.25, -0.2) is 9.48 Å². The summed E-state index contributed by atoms with van der Waals surface area (Å²) in [5.41, 5.74) is 5.91. The highest BCUT2D eigenvalue weighted by molar-refractivity contribution is 5.88. The van der Waals surface area contributed by atoms with Gasteiger partial charge in [0.1, 0.15) is 0 Å². The van der Waals surface area contributed by atoms with E-state index in [-0.39, 0.29) is 30.6 Å². The molecule has 0 aliphatic heterocycles. The zero-order valence-corrected chi connectivity index (χ0v) is 12.0. The van der Waals surface area contributed by atoms with Crippen LogP contribution in [0, 0.1) is 0 Å². The molecule has 2 heterocycles. The van der Waals surface area contributed by atoms with E-state index in [9.17, 15) is 4.79 Å². The van der Waals surface area contributed by atoms with Crippen molar-refractivity contribution in [3.8, 4) is 12.0 Å². The Hall–Kier alpha value is -2.71. The maximum absolute atomic E-state index is 11.6. The van der Waals surface area contributed by atoms with Gasteiger partial charge in [0.25, 0.3) is 5.95 Å². The summed E-state index contributed by atoms with van der Waals surface area (Å²) >= 11 is 0. The van der Waals surface area contributed by atoms with Crippen LogP contribution < -0.4 is 10.5 Å². The maximum Gasteiger partial charge on any atom is 0.341 e. The molecule has 0 radical (unpaired) electrons. The largest absolute Gasteiger partial charge is 0.462 e. The van der Waals surface area contributed by atoms with Crippen LogP contribution in [0.15, 0.2) is 12.4 Å². The summed E-state index contributed by atoms with van der Waals surface area (Å²) < 4.78 is 11.6. The number of aromatic nitrogens is 5. The summed E-state index contributed by atoms with van der Waals surface area (Å²) in [5.74, 6) is -0.304. The van der Waals surface area contributed by atoms with Gasteiger partial charge in [0.2, 0.25) is 5.95 Å². The van der Waals surface area contributed by atoms with Crippen LogP contribution in [0.1, 0.15) is 31.1 Å². The molecule has 0 amide bonds. The third-order valence-corrected chi connectivity index (χ3v) is 2.26. The number of hydrogen-bond donors (Lipinski definition) is 1. The van der Waals surface area contributed by atoms with E-state index in [1.165, 1.54) is 17.1 Å². The predicted octanol–water partition coefficient (Wildman–Crippen LogP) is 0.603. The molecule has 2 N–H and O–H groups in total. The fourth-order valence-electron chi connectivity index (χ4n) is 1.48. The molecule has 0 aromatic carbocycles. The van der Waals surface area contributed by atoms with Gasteiger partial charge in [-0.15, -0.1) is 0 Å². The SMILES string of the molecule is CCOC(=O)c1cnn(-c2nc(N)nc(OC(C)C)n2)c1. The van der Waals surface area contributed by atoms with E-state index < -0.39 is 5.97 Å². The number of esters is 1. The monoisotopic (exact) mass is 292 g/mol. The molecule has 21 heavy (non-hydrogen) atoms. The van der Waals surface area contributed by atoms with Gasteiger partial charge in [0.05, 0.1) is 24.5 Å². The van der Waals surface area contributed by atoms with Crippen molar-refractivity contribution >= 4 is 11.9 Å². The highest BCUT2D eigenvalue weighted by Gasteiger charge is 2.13. The minimum atomic E-state index is -0.468. The molecule has 112 valence electrons. The summed E-state index contributed by atoms with van der Waals surface area (Å²) in [6, 6.07) is 0.0979. The number of carbonyl (C=O) groups is 1. The lowest BCUT2D eigenvalue weighted by Gasteiger charge is -2.08. The van der Waals surface area contributed by atoms with E-state index in [4.69, 9.17) is 15.2 Å². The molecule has 0 saturated heterocycles. The molecule has 2 aromatic heterocycles. The van der Waals surface area contributed by atoms with E-state index >= 15 is 0 Å². The summed E-state index contributed by atoms with van der Waals surface area (Å²) in [6.07, 6.45) is 2.71. The molecule has 0 saturated carbocycles. The number of hydrogen-bond acceptors (Lipinski definition) is 8. The molecule has 0 aliphatic carbocycles. The van der Waals surface area contributed by atoms with Crippen LogP contribution >= 0.6 is 0 Å². The number of nitrogen functional groups attached to an aromatic ring is 1. The molecule has 2 aromatic rings. The van der Waals surface area contributed by atoms with Crippen molar-refractivity contribution in [2.75, 3.05) is 12.3 Å². The van der Waals surface area contributed by atoms with Gasteiger partial charge in [-0.2, -0.15) is 20.1 Å². The van der Waals surface area contributed by atoms with Gasteiger partial charge < -0.3 is 15.2 Å². The zero-order valence-electron chi connectivity index (χ0n) is 12.0. The van der Waals surface area contributed by atoms with Crippen LogP contribution in [0.2, 0.25) is 0 Å². The van der Waals surface area contributed by atoms with Gasteiger partial charge in [-0.1, -0.05) is 0 Å². The minimum Gasteiger partial charge on any atom is -0.462 e. The molecule has 2 rings (SSSR count). The Morgan fingerprint density at radius 1 is 1.38 bits per heavy atom. The number of anilines is 1. The molecule has 0 atom stereocenters. The van der Waals surface area contributed by atoms with E-state index in [0.717, 1.165) is 0 Å². The van der Waals surface area contributed by atoms with Gasteiger partial charge in [0, 0.05) is 6.20 Å². The number of nitrogens with zero attached hydrogens (tertiary/aromatic N) is 5. The standard InChI is InChI=1S/C12H16N6O3/c1-4-20-9(19)8-5-14-18(6-8)11-15-10(13)16-12(17-11)21-7(2)3/h5-7H,4H2,1-3H3,(H2,13,15,16,17). The fraction of sp³-hybridized carbons (Fsp3) is 0.417. The van der Waals surface area contributed by atoms with Crippen molar-refractivity contribution in [3.05, 3.63) is 18.0 Å². The Balaban J connectivity index is 2.29. The van der Waals surface area contributed by atoms with E-state index in [1.807, 2.05) is 13.8 Å². The average Bonchev–Trinajstić information content (AvgIpc) is 2.87. The lowest BCUT2D eigenvalue weighted by molar-refractivity contribution is 0.0526. The molecule has 9 nitrogen and oxygen atoms in total. The van der Waals surface area contributed by atoms with Crippen molar-refractivity contribution < 1.29 is 14.3 Å². The van der Waals surface area contributed by atoms with Crippen LogP contribution in [0.25, 0.3) is 5.95 Å². The van der Waals surface area contributed by atoms with Crippen LogP contribution in [-0.2, 0) is 4.74 Å². The van der Waals surface area contributed by atoms with Crippen LogP contribution in [0.5, 0.6) is 6.01 Å². The lowest BCUT2D eigenvalue weighted by Crippen LogP contribution is -2.13. The zero-order chi connectivity index (χ0) is 15.4. The first-order chi connectivity index (χ1) is 9.99. The molecule has 0 unspecified atom stereocenters. The van der Waals surface area contributed by atoms with Crippen LogP contribution in [0.4, 0.5) is 5.95 Å². The molecule has 0 bridgehead atoms. The molecule has 0 spiro atoms. The highest BCUT2D eigenvalue weighted by Crippen LogP contribution is 2.11. The average molecular weight is 292 g/mol. The van der Waals surface area contributed by atoms with Gasteiger partial charge in [-0.05, 0) is 20.8 Å². The van der Waals surface area contributed by atoms with Gasteiger partial charge in [0.15, 0.2) is 0 Å². The lowest BCUT2D eigenvalue weighted by atomic mass is 10.4. The summed E-state index contributed by atoms with van der Waals surface area (Å²) in [5, 5.41) is 4.00. The van der Waals surface area contributed by atoms with Gasteiger partial charge in [-0.3, -0.25) is 0 Å². The molecular formula is C12H16N6O3. The number of carbonyl (C=O) groups excluding carboxylic acids is 1. The predicted molar refractivity (Wildman–Crippen MR) is 73.1 cm³/mol. The van der Waals surface area contributed by atoms with Crippen LogP contribution in [0.3, 0.4) is 0 Å². The quantitative estimate of drug-likeness (QED) is 0.796. The Kier molecular flexibility index (Phi) is 4.31. The van der Waals surface area contributed by atoms with Crippen molar-refractivity contribution in [2.24, 2.45) is 0 Å². The summed E-state index contributed by atoms with van der Waals surface area (Å²) in [4.78, 5) is 23.5. The summed E-state index contributed by atoms with van der Waals surface area (Å²) in [7, 11) is 0. The molecule has 0 aliphatic rings. The number of nitrogens with two attached hydrogens (primary N) is 1. The number of rotatable bonds is 5. The van der Waals surface area contributed by atoms with Crippen molar-refractivity contribution in [1.82, 2.24) is 24.7 Å². The molecule has 9 heteroatoms. The van der Waals surface area contributed by atoms with Crippen molar-refractivity contribution in [1.29, 1.82) is 0 Å². The first kappa shape index (κ1) is 14.7. The topological polar surface area (TPSA) is 118 Å². The van der Waals surface area contributed by atoms with Gasteiger partial charge >= 0.3 is 12.0 Å². The normalized spacial score (nSPS) is 10.7. The van der Waals surface area contributed by atoms with Crippen molar-refractivity contribution in [2.45, 2.75) is 26.9 Å². The van der Waals surface area contributed by atoms with Crippen LogP contribution in [-0.4, -0.2) is 43.4 Å². The first-order valence-corrected chi connectivity index (χ1v) is 6.40. The molecular weight excluding hydrogens is 276 g/mol. The van der Waals surface area contributed by atoms with E-state index in [2.05, 4.69) is 20.1 Å². The molecule has 0 fully saturated rings. The minimum absolute atomic E-state index is 0.00355. The van der Waals surface area contributed by atoms with E-state index in [0.29, 0.717) is 5.56 Å². The van der Waals surface area contributed by atoms with Crippen molar-refractivity contribution in [3.63, 3.8) is 0 Å². The third kappa shape index (κ3) is 3.65. The summed E-state index contributed by atoms with van der Waals surface area (Å²) in [6.45, 7) is 5.69. The maximum atomic E-state index is 11.6. The second kappa shape index (κ2) is 6.16. The second-order valence-corrected chi connectivity index (χ2v) is 4.34. The number of ether oxygens (including phenoxy) is 2. The smallest absolute Gasteiger partial charge is 0.341 e. The first-order valence-electron chi connectivity index (χ1n) is 6.40. The second-order valence-electron chi connectivity index (χ2n) is 4.34. The Morgan fingerprint density at radius 2 is 2.14 bits per heavy atom. The fourth-order valence-corrected chi connectivity index (χ4v) is 1.48. The highest BCUT2D eigenvalue weighted by atomic mass is 16.5. The Labute approximate surface area is 121 Å².